The molecule has 2 aromatic carbocycles. The van der Waals surface area contributed by atoms with Crippen molar-refractivity contribution in [2.75, 3.05) is 33.5 Å². The quantitative estimate of drug-likeness (QED) is 0.442. The van der Waals surface area contributed by atoms with Crippen LogP contribution in [-0.2, 0) is 16.1 Å². The highest BCUT2D eigenvalue weighted by atomic mass is 32.2. The normalized spacial score (nSPS) is 15.8. The molecule has 2 amide bonds. The van der Waals surface area contributed by atoms with Crippen molar-refractivity contribution in [1.82, 2.24) is 15.1 Å². The van der Waals surface area contributed by atoms with E-state index in [1.165, 1.54) is 16.7 Å². The number of nitrogens with zero attached hydrogens (tertiary/aromatic N) is 3. The van der Waals surface area contributed by atoms with Crippen LogP contribution in [-0.4, -0.2) is 59.4 Å². The molecule has 8 nitrogen and oxygen atoms in total. The molecule has 0 aliphatic carbocycles. The molecule has 0 saturated carbocycles. The number of hydrogen-bond acceptors (Lipinski definition) is 8. The summed E-state index contributed by atoms with van der Waals surface area (Å²) in [5.74, 6) is 0.994. The third-order valence-electron chi connectivity index (χ3n) is 5.15. The van der Waals surface area contributed by atoms with E-state index in [-0.39, 0.29) is 25.2 Å². The van der Waals surface area contributed by atoms with Gasteiger partial charge in [-0.2, -0.15) is 5.26 Å². The summed E-state index contributed by atoms with van der Waals surface area (Å²) in [4.78, 5) is 29.0. The first-order valence-electron chi connectivity index (χ1n) is 10.5. The molecule has 2 aromatic rings. The van der Waals surface area contributed by atoms with Gasteiger partial charge in [0.2, 0.25) is 12.7 Å². The van der Waals surface area contributed by atoms with Gasteiger partial charge in [-0.25, -0.2) is 0 Å². The Hall–Kier alpha value is -3.39. The van der Waals surface area contributed by atoms with Gasteiger partial charge in [-0.3, -0.25) is 19.4 Å². The number of likely N-dealkylation sites (N-methyl/N-ethyl adjacent to an activating group) is 1. The van der Waals surface area contributed by atoms with E-state index in [9.17, 15) is 9.59 Å². The number of amides is 2. The molecule has 1 saturated heterocycles. The van der Waals surface area contributed by atoms with Crippen LogP contribution in [0.3, 0.4) is 0 Å². The van der Waals surface area contributed by atoms with Gasteiger partial charge in [0, 0.05) is 19.6 Å². The summed E-state index contributed by atoms with van der Waals surface area (Å²) in [5, 5.41) is 11.8. The number of nitriles is 1. The van der Waals surface area contributed by atoms with Gasteiger partial charge in [-0.05, 0) is 48.5 Å². The van der Waals surface area contributed by atoms with Crippen LogP contribution in [0.5, 0.6) is 11.5 Å². The molecule has 1 N–H and O–H groups in total. The molecule has 0 spiro atoms. The van der Waals surface area contributed by atoms with Gasteiger partial charge in [0.1, 0.15) is 4.32 Å². The summed E-state index contributed by atoms with van der Waals surface area (Å²) >= 11 is 6.61. The first kappa shape index (κ1) is 23.8. The molecule has 10 heteroatoms. The topological polar surface area (TPSA) is 94.9 Å². The number of carbonyl (C=O) groups is 2. The van der Waals surface area contributed by atoms with Gasteiger partial charge in [-0.1, -0.05) is 42.2 Å². The molecule has 0 bridgehead atoms. The number of carbonyl (C=O) groups excluding carboxylic acids is 2. The van der Waals surface area contributed by atoms with Gasteiger partial charge < -0.3 is 14.8 Å². The van der Waals surface area contributed by atoms with Crippen molar-refractivity contribution in [3.63, 3.8) is 0 Å². The second-order valence-electron chi connectivity index (χ2n) is 7.78. The minimum atomic E-state index is -0.184. The molecule has 2 aliphatic rings. The van der Waals surface area contributed by atoms with Crippen LogP contribution >= 0.6 is 24.0 Å². The van der Waals surface area contributed by atoms with Gasteiger partial charge >= 0.3 is 0 Å². The van der Waals surface area contributed by atoms with Crippen LogP contribution in [0, 0.1) is 11.3 Å². The predicted molar refractivity (Wildman–Crippen MR) is 133 cm³/mol. The zero-order valence-electron chi connectivity index (χ0n) is 18.4. The number of thioether (sulfide) groups is 1. The Morgan fingerprint density at radius 3 is 2.94 bits per heavy atom. The molecule has 1 fully saturated rings. The van der Waals surface area contributed by atoms with E-state index in [0.29, 0.717) is 45.9 Å². The highest BCUT2D eigenvalue weighted by Gasteiger charge is 2.31. The average molecular weight is 495 g/mol. The molecule has 0 radical (unpaired) electrons. The molecule has 0 unspecified atom stereocenters. The Bertz CT molecular complexity index is 1210. The summed E-state index contributed by atoms with van der Waals surface area (Å²) in [5.41, 5.74) is 2.37. The molecule has 0 aromatic heterocycles. The maximum absolute atomic E-state index is 12.8. The fourth-order valence-corrected chi connectivity index (χ4v) is 4.87. The van der Waals surface area contributed by atoms with Gasteiger partial charge in [-0.15, -0.1) is 0 Å². The first-order valence-corrected chi connectivity index (χ1v) is 11.7. The largest absolute Gasteiger partial charge is 0.454 e. The number of nitrogens with one attached hydrogen (secondary N) is 1. The Labute approximate surface area is 207 Å². The zero-order chi connectivity index (χ0) is 24.1. The van der Waals surface area contributed by atoms with Gasteiger partial charge in [0.05, 0.1) is 23.1 Å². The number of fused-ring (bicyclic) bond motifs is 1. The van der Waals surface area contributed by atoms with Crippen LogP contribution in [0.25, 0.3) is 6.08 Å². The SMILES string of the molecule is CN(CC(=O)NCCN1C(=O)/C(=C\c2ccc3c(c2)OCO3)SC1=S)Cc1cccc(C#N)c1. The predicted octanol–water partition coefficient (Wildman–Crippen LogP) is 2.74. The highest BCUT2D eigenvalue weighted by Crippen LogP contribution is 2.36. The van der Waals surface area contributed by atoms with E-state index >= 15 is 0 Å². The van der Waals surface area contributed by atoms with Crippen LogP contribution in [0.15, 0.2) is 47.4 Å². The average Bonchev–Trinajstić information content (AvgIpc) is 3.38. The van der Waals surface area contributed by atoms with Crippen LogP contribution in [0.2, 0.25) is 0 Å². The maximum atomic E-state index is 12.8. The fourth-order valence-electron chi connectivity index (χ4n) is 3.56. The maximum Gasteiger partial charge on any atom is 0.266 e. The molecule has 4 rings (SSSR count). The lowest BCUT2D eigenvalue weighted by Crippen LogP contribution is -2.40. The Kier molecular flexibility index (Phi) is 7.47. The number of rotatable bonds is 8. The summed E-state index contributed by atoms with van der Waals surface area (Å²) < 4.78 is 11.2. The fraction of sp³-hybridized carbons (Fsp3) is 0.250. The van der Waals surface area contributed by atoms with E-state index in [4.69, 9.17) is 27.0 Å². The summed E-state index contributed by atoms with van der Waals surface area (Å²) in [6, 6.07) is 14.9. The minimum Gasteiger partial charge on any atom is -0.454 e. The van der Waals surface area contributed by atoms with E-state index in [0.717, 1.165) is 11.1 Å². The van der Waals surface area contributed by atoms with Crippen LogP contribution < -0.4 is 14.8 Å². The second kappa shape index (κ2) is 10.7. The Morgan fingerprint density at radius 2 is 2.12 bits per heavy atom. The van der Waals surface area contributed by atoms with Crippen molar-refractivity contribution in [1.29, 1.82) is 5.26 Å². The smallest absolute Gasteiger partial charge is 0.266 e. The van der Waals surface area contributed by atoms with Gasteiger partial charge in [0.25, 0.3) is 5.91 Å². The highest BCUT2D eigenvalue weighted by molar-refractivity contribution is 8.26. The van der Waals surface area contributed by atoms with Gasteiger partial charge in [0.15, 0.2) is 11.5 Å². The zero-order valence-corrected chi connectivity index (χ0v) is 20.1. The molecular formula is C24H22N4O4S2. The lowest BCUT2D eigenvalue weighted by Gasteiger charge is -2.18. The lowest BCUT2D eigenvalue weighted by molar-refractivity contribution is -0.124. The Balaban J connectivity index is 1.25. The molecule has 34 heavy (non-hydrogen) atoms. The summed E-state index contributed by atoms with van der Waals surface area (Å²) in [7, 11) is 1.83. The van der Waals surface area contributed by atoms with E-state index in [2.05, 4.69) is 11.4 Å². The van der Waals surface area contributed by atoms with Crippen molar-refractivity contribution in [2.24, 2.45) is 0 Å². The summed E-state index contributed by atoms with van der Waals surface area (Å²) in [6.07, 6.45) is 1.77. The lowest BCUT2D eigenvalue weighted by atomic mass is 10.1. The third-order valence-corrected chi connectivity index (χ3v) is 6.53. The number of hydrogen-bond donors (Lipinski definition) is 1. The van der Waals surface area contributed by atoms with Crippen molar-refractivity contribution in [3.05, 3.63) is 64.1 Å². The van der Waals surface area contributed by atoms with Crippen molar-refractivity contribution in [3.8, 4) is 17.6 Å². The van der Waals surface area contributed by atoms with Crippen molar-refractivity contribution < 1.29 is 19.1 Å². The van der Waals surface area contributed by atoms with Crippen LogP contribution in [0.1, 0.15) is 16.7 Å². The van der Waals surface area contributed by atoms with Crippen molar-refractivity contribution >= 4 is 46.2 Å². The third kappa shape index (κ3) is 5.75. The number of thiocarbonyl (C=S) groups is 1. The molecule has 174 valence electrons. The number of benzene rings is 2. The van der Waals surface area contributed by atoms with E-state index < -0.39 is 0 Å². The van der Waals surface area contributed by atoms with Crippen LogP contribution in [0.4, 0.5) is 0 Å². The second-order valence-corrected chi connectivity index (χ2v) is 9.46. The summed E-state index contributed by atoms with van der Waals surface area (Å²) in [6.45, 7) is 1.52. The van der Waals surface area contributed by atoms with Crippen molar-refractivity contribution in [2.45, 2.75) is 6.54 Å². The molecule has 2 heterocycles. The minimum absolute atomic E-state index is 0.153. The monoisotopic (exact) mass is 494 g/mol. The molecule has 0 atom stereocenters. The van der Waals surface area contributed by atoms with E-state index in [1.54, 1.807) is 18.2 Å². The molecular weight excluding hydrogens is 472 g/mol. The standard InChI is InChI=1S/C24H22N4O4S2/c1-27(13-18-4-2-3-17(9-18)12-25)14-22(29)26-7-8-28-23(30)21(34-24(28)33)11-16-5-6-19-20(10-16)32-15-31-19/h2-6,9-11H,7-8,13-15H2,1H3,(H,26,29)/b21-11+. The first-order chi connectivity index (χ1) is 16.4. The number of ether oxygens (including phenoxy) is 2. The van der Waals surface area contributed by atoms with E-state index in [1.807, 2.05) is 42.3 Å². The molecule has 2 aliphatic heterocycles. The Morgan fingerprint density at radius 1 is 1.29 bits per heavy atom.